The molecule has 3 heterocycles. The molecule has 3 amide bonds. The number of nitrogens with zero attached hydrogens (tertiary/aromatic N) is 6. The first-order valence-electron chi connectivity index (χ1n) is 13.2. The fourth-order valence-electron chi connectivity index (χ4n) is 4.67. The molecule has 11 nitrogen and oxygen atoms in total. The van der Waals surface area contributed by atoms with Crippen LogP contribution in [0.1, 0.15) is 22.8 Å². The minimum atomic E-state index is -0.435. The second-order valence-corrected chi connectivity index (χ2v) is 9.86. The van der Waals surface area contributed by atoms with Gasteiger partial charge in [0.1, 0.15) is 18.1 Å². The van der Waals surface area contributed by atoms with Gasteiger partial charge in [0, 0.05) is 44.8 Å². The van der Waals surface area contributed by atoms with E-state index in [1.807, 2.05) is 24.3 Å². The SMILES string of the molecule is COc1ccc(CNc2nc(CCc3cccc(N4CCN(C)CC4)c3)nc(CN3CC(=O)NC3=O)n2)cc1. The van der Waals surface area contributed by atoms with Gasteiger partial charge in [-0.2, -0.15) is 9.97 Å². The molecular formula is C28H34N8O3. The molecule has 39 heavy (non-hydrogen) atoms. The Labute approximate surface area is 228 Å². The van der Waals surface area contributed by atoms with Gasteiger partial charge in [0.15, 0.2) is 5.82 Å². The van der Waals surface area contributed by atoms with Gasteiger partial charge in [-0.1, -0.05) is 24.3 Å². The summed E-state index contributed by atoms with van der Waals surface area (Å²) in [5.74, 6) is 1.97. The van der Waals surface area contributed by atoms with Crippen LogP contribution in [0.5, 0.6) is 5.75 Å². The number of benzene rings is 2. The number of hydrogen-bond acceptors (Lipinski definition) is 9. The van der Waals surface area contributed by atoms with E-state index in [0.717, 1.165) is 43.9 Å². The third kappa shape index (κ3) is 6.99. The van der Waals surface area contributed by atoms with Crippen molar-refractivity contribution in [2.45, 2.75) is 25.9 Å². The molecule has 0 aliphatic carbocycles. The van der Waals surface area contributed by atoms with Crippen molar-refractivity contribution in [2.24, 2.45) is 0 Å². The predicted molar refractivity (Wildman–Crippen MR) is 148 cm³/mol. The number of aryl methyl sites for hydroxylation is 2. The third-order valence-corrected chi connectivity index (χ3v) is 6.95. The second kappa shape index (κ2) is 12.1. The van der Waals surface area contributed by atoms with Gasteiger partial charge >= 0.3 is 6.03 Å². The molecule has 2 aliphatic rings. The quantitative estimate of drug-likeness (QED) is 0.380. The third-order valence-electron chi connectivity index (χ3n) is 6.95. The lowest BCUT2D eigenvalue weighted by atomic mass is 10.1. The van der Waals surface area contributed by atoms with Crippen LogP contribution in [0.4, 0.5) is 16.4 Å². The maximum absolute atomic E-state index is 12.1. The largest absolute Gasteiger partial charge is 0.497 e. The van der Waals surface area contributed by atoms with Crippen molar-refractivity contribution in [3.05, 3.63) is 71.3 Å². The van der Waals surface area contributed by atoms with Gasteiger partial charge in [-0.15, -0.1) is 0 Å². The number of amides is 3. The maximum Gasteiger partial charge on any atom is 0.324 e. The zero-order valence-corrected chi connectivity index (χ0v) is 22.4. The summed E-state index contributed by atoms with van der Waals surface area (Å²) in [7, 11) is 3.79. The van der Waals surface area contributed by atoms with E-state index >= 15 is 0 Å². The van der Waals surface area contributed by atoms with Crippen LogP contribution in [-0.2, 0) is 30.7 Å². The number of imide groups is 1. The summed E-state index contributed by atoms with van der Waals surface area (Å²) in [5.41, 5.74) is 3.50. The summed E-state index contributed by atoms with van der Waals surface area (Å²) >= 11 is 0. The second-order valence-electron chi connectivity index (χ2n) is 9.86. The Morgan fingerprint density at radius 1 is 0.923 bits per heavy atom. The number of carbonyl (C=O) groups excluding carboxylic acids is 2. The lowest BCUT2D eigenvalue weighted by molar-refractivity contribution is -0.118. The van der Waals surface area contributed by atoms with Crippen molar-refractivity contribution >= 4 is 23.6 Å². The molecule has 0 spiro atoms. The van der Waals surface area contributed by atoms with Gasteiger partial charge in [0.25, 0.3) is 0 Å². The van der Waals surface area contributed by atoms with Crippen LogP contribution in [0.2, 0.25) is 0 Å². The van der Waals surface area contributed by atoms with Crippen molar-refractivity contribution in [3.63, 3.8) is 0 Å². The molecule has 2 aliphatic heterocycles. The van der Waals surface area contributed by atoms with E-state index in [9.17, 15) is 9.59 Å². The molecule has 0 saturated carbocycles. The molecule has 2 N–H and O–H groups in total. The average molecular weight is 531 g/mol. The van der Waals surface area contributed by atoms with E-state index in [-0.39, 0.29) is 19.0 Å². The molecule has 2 fully saturated rings. The van der Waals surface area contributed by atoms with Crippen LogP contribution in [-0.4, -0.2) is 83.6 Å². The molecular weight excluding hydrogens is 496 g/mol. The zero-order chi connectivity index (χ0) is 27.2. The smallest absolute Gasteiger partial charge is 0.324 e. The van der Waals surface area contributed by atoms with Crippen molar-refractivity contribution in [1.29, 1.82) is 0 Å². The van der Waals surface area contributed by atoms with Crippen molar-refractivity contribution in [2.75, 3.05) is 57.1 Å². The fraction of sp³-hybridized carbons (Fsp3) is 0.393. The molecule has 5 rings (SSSR count). The number of piperazine rings is 1. The first-order valence-corrected chi connectivity index (χ1v) is 13.2. The van der Waals surface area contributed by atoms with E-state index < -0.39 is 6.03 Å². The molecule has 1 aromatic heterocycles. The summed E-state index contributed by atoms with van der Waals surface area (Å²) in [6.07, 6.45) is 1.38. The summed E-state index contributed by atoms with van der Waals surface area (Å²) < 4.78 is 5.23. The van der Waals surface area contributed by atoms with Crippen LogP contribution >= 0.6 is 0 Å². The van der Waals surface area contributed by atoms with E-state index in [1.165, 1.54) is 16.2 Å². The Bertz CT molecular complexity index is 1310. The number of ether oxygens (including phenoxy) is 1. The van der Waals surface area contributed by atoms with E-state index in [1.54, 1.807) is 7.11 Å². The molecule has 0 atom stereocenters. The first kappa shape index (κ1) is 26.4. The topological polar surface area (TPSA) is 116 Å². The normalized spacial score (nSPS) is 15.9. The number of anilines is 2. The Morgan fingerprint density at radius 2 is 1.69 bits per heavy atom. The fourth-order valence-corrected chi connectivity index (χ4v) is 4.67. The summed E-state index contributed by atoms with van der Waals surface area (Å²) in [4.78, 5) is 43.8. The van der Waals surface area contributed by atoms with Crippen LogP contribution in [0.25, 0.3) is 0 Å². The maximum atomic E-state index is 12.1. The highest BCUT2D eigenvalue weighted by Gasteiger charge is 2.27. The summed E-state index contributed by atoms with van der Waals surface area (Å²) in [5, 5.41) is 5.58. The summed E-state index contributed by atoms with van der Waals surface area (Å²) in [6.45, 7) is 4.80. The number of nitrogens with one attached hydrogen (secondary N) is 2. The van der Waals surface area contributed by atoms with Crippen molar-refractivity contribution < 1.29 is 14.3 Å². The lowest BCUT2D eigenvalue weighted by Gasteiger charge is -2.34. The van der Waals surface area contributed by atoms with Gasteiger partial charge < -0.3 is 24.8 Å². The highest BCUT2D eigenvalue weighted by molar-refractivity contribution is 6.01. The number of rotatable bonds is 10. The monoisotopic (exact) mass is 530 g/mol. The number of likely N-dealkylation sites (N-methyl/N-ethyl adjacent to an activating group) is 1. The predicted octanol–water partition coefficient (Wildman–Crippen LogP) is 2.08. The van der Waals surface area contributed by atoms with Crippen LogP contribution in [0, 0.1) is 0 Å². The number of aromatic nitrogens is 3. The highest BCUT2D eigenvalue weighted by Crippen LogP contribution is 2.19. The Kier molecular flexibility index (Phi) is 8.16. The molecule has 11 heteroatoms. The van der Waals surface area contributed by atoms with Gasteiger partial charge in [-0.3, -0.25) is 10.1 Å². The van der Waals surface area contributed by atoms with E-state index in [0.29, 0.717) is 30.6 Å². The minimum Gasteiger partial charge on any atom is -0.497 e. The number of hydrogen-bond donors (Lipinski definition) is 2. The standard InChI is InChI=1S/C28H34N8O3/c1-34-12-14-35(15-13-34)22-5-3-4-20(16-22)8-11-24-30-25(18-36-19-26(37)33-28(36)38)32-27(31-24)29-17-21-6-9-23(39-2)10-7-21/h3-7,9-10,16H,8,11-15,17-19H2,1-2H3,(H,33,37,38)(H,29,30,31,32). The molecule has 0 unspecified atom stereocenters. The lowest BCUT2D eigenvalue weighted by Crippen LogP contribution is -2.44. The molecule has 0 radical (unpaired) electrons. The summed E-state index contributed by atoms with van der Waals surface area (Å²) in [6, 6.07) is 16.0. The van der Waals surface area contributed by atoms with Gasteiger partial charge in [-0.25, -0.2) is 9.78 Å². The van der Waals surface area contributed by atoms with Crippen molar-refractivity contribution in [1.82, 2.24) is 30.1 Å². The van der Waals surface area contributed by atoms with E-state index in [2.05, 4.69) is 66.7 Å². The number of carbonyl (C=O) groups is 2. The first-order chi connectivity index (χ1) is 18.9. The van der Waals surface area contributed by atoms with Gasteiger partial charge in [0.2, 0.25) is 11.9 Å². The van der Waals surface area contributed by atoms with Crippen LogP contribution in [0.3, 0.4) is 0 Å². The van der Waals surface area contributed by atoms with Crippen LogP contribution < -0.4 is 20.3 Å². The molecule has 2 saturated heterocycles. The van der Waals surface area contributed by atoms with Crippen molar-refractivity contribution in [3.8, 4) is 5.75 Å². The highest BCUT2D eigenvalue weighted by atomic mass is 16.5. The molecule has 3 aromatic rings. The minimum absolute atomic E-state index is 0.00641. The zero-order valence-electron chi connectivity index (χ0n) is 22.4. The molecule has 0 bridgehead atoms. The van der Waals surface area contributed by atoms with Gasteiger partial charge in [0.05, 0.1) is 13.7 Å². The molecule has 2 aromatic carbocycles. The number of methoxy groups -OCH3 is 1. The Hall–Kier alpha value is -4.25. The van der Waals surface area contributed by atoms with Crippen LogP contribution in [0.15, 0.2) is 48.5 Å². The Balaban J connectivity index is 1.29. The van der Waals surface area contributed by atoms with E-state index in [4.69, 9.17) is 4.74 Å². The van der Waals surface area contributed by atoms with Gasteiger partial charge in [-0.05, 0) is 48.9 Å². The number of urea groups is 1. The average Bonchev–Trinajstić information content (AvgIpc) is 3.27. The molecule has 204 valence electrons. The Morgan fingerprint density at radius 3 is 2.41 bits per heavy atom.